The molecule has 0 aliphatic carbocycles. The third-order valence-corrected chi connectivity index (χ3v) is 2.73. The second-order valence-electron chi connectivity index (χ2n) is 3.88. The summed E-state index contributed by atoms with van der Waals surface area (Å²) in [6.07, 6.45) is -0.00397. The standard InChI is InChI=1S/C10H10ClN3O3/c1-5-2-7(13-10(11)12-5)14-4-6(9(16)17)3-8(14)15/h2,6H,3-4H2,1H3,(H,16,17). The van der Waals surface area contributed by atoms with E-state index in [1.807, 2.05) is 0 Å². The smallest absolute Gasteiger partial charge is 0.308 e. The third kappa shape index (κ3) is 2.36. The average Bonchev–Trinajstić information content (AvgIpc) is 2.59. The SMILES string of the molecule is Cc1cc(N2CC(C(=O)O)CC2=O)nc(Cl)n1. The normalized spacial score (nSPS) is 19.8. The maximum Gasteiger partial charge on any atom is 0.308 e. The maximum absolute atomic E-state index is 11.7. The van der Waals surface area contributed by atoms with Gasteiger partial charge in [0, 0.05) is 24.7 Å². The quantitative estimate of drug-likeness (QED) is 0.793. The second kappa shape index (κ2) is 4.29. The summed E-state index contributed by atoms with van der Waals surface area (Å²) < 4.78 is 0. The lowest BCUT2D eigenvalue weighted by Crippen LogP contribution is -2.27. The molecule has 0 spiro atoms. The van der Waals surface area contributed by atoms with Crippen LogP contribution in [-0.4, -0.2) is 33.5 Å². The van der Waals surface area contributed by atoms with E-state index >= 15 is 0 Å². The predicted molar refractivity (Wildman–Crippen MR) is 59.9 cm³/mol. The number of carboxylic acids is 1. The third-order valence-electron chi connectivity index (χ3n) is 2.56. The van der Waals surface area contributed by atoms with Gasteiger partial charge < -0.3 is 5.11 Å². The van der Waals surface area contributed by atoms with E-state index < -0.39 is 11.9 Å². The zero-order valence-electron chi connectivity index (χ0n) is 9.05. The molecule has 2 heterocycles. The summed E-state index contributed by atoms with van der Waals surface area (Å²) in [5.74, 6) is -1.56. The van der Waals surface area contributed by atoms with Gasteiger partial charge in [0.1, 0.15) is 5.82 Å². The van der Waals surface area contributed by atoms with E-state index in [-0.39, 0.29) is 24.2 Å². The molecule has 1 aliphatic heterocycles. The Morgan fingerprint density at radius 3 is 2.82 bits per heavy atom. The Bertz CT molecular complexity index is 471. The number of carbonyl (C=O) groups is 2. The van der Waals surface area contributed by atoms with Crippen molar-refractivity contribution in [1.29, 1.82) is 0 Å². The van der Waals surface area contributed by atoms with E-state index in [0.717, 1.165) is 0 Å². The van der Waals surface area contributed by atoms with Gasteiger partial charge >= 0.3 is 5.97 Å². The van der Waals surface area contributed by atoms with Gasteiger partial charge in [0.15, 0.2) is 0 Å². The van der Waals surface area contributed by atoms with Crippen molar-refractivity contribution in [1.82, 2.24) is 9.97 Å². The van der Waals surface area contributed by atoms with Crippen LogP contribution < -0.4 is 4.90 Å². The van der Waals surface area contributed by atoms with Gasteiger partial charge in [-0.2, -0.15) is 0 Å². The molecule has 0 bridgehead atoms. The number of aromatic nitrogens is 2. The lowest BCUT2D eigenvalue weighted by molar-refractivity contribution is -0.141. The number of hydrogen-bond donors (Lipinski definition) is 1. The fourth-order valence-corrected chi connectivity index (χ4v) is 1.97. The molecule has 7 heteroatoms. The van der Waals surface area contributed by atoms with E-state index in [1.54, 1.807) is 13.0 Å². The maximum atomic E-state index is 11.7. The van der Waals surface area contributed by atoms with Gasteiger partial charge in [-0.25, -0.2) is 9.97 Å². The molecular weight excluding hydrogens is 246 g/mol. The number of aliphatic carboxylic acids is 1. The summed E-state index contributed by atoms with van der Waals surface area (Å²) in [6, 6.07) is 1.61. The Morgan fingerprint density at radius 1 is 1.59 bits per heavy atom. The van der Waals surface area contributed by atoms with Gasteiger partial charge in [-0.05, 0) is 18.5 Å². The predicted octanol–water partition coefficient (Wildman–Crippen LogP) is 0.876. The summed E-state index contributed by atoms with van der Waals surface area (Å²) in [5, 5.41) is 8.91. The van der Waals surface area contributed by atoms with E-state index in [2.05, 4.69) is 9.97 Å². The molecule has 90 valence electrons. The van der Waals surface area contributed by atoms with Crippen molar-refractivity contribution in [3.63, 3.8) is 0 Å². The van der Waals surface area contributed by atoms with Gasteiger partial charge in [-0.3, -0.25) is 14.5 Å². The summed E-state index contributed by atoms with van der Waals surface area (Å²) in [6.45, 7) is 1.85. The highest BCUT2D eigenvalue weighted by atomic mass is 35.5. The molecular formula is C10H10ClN3O3. The number of carbonyl (C=O) groups excluding carboxylic acids is 1. The molecule has 0 aromatic carbocycles. The minimum atomic E-state index is -0.974. The summed E-state index contributed by atoms with van der Waals surface area (Å²) >= 11 is 5.70. The largest absolute Gasteiger partial charge is 0.481 e. The van der Waals surface area contributed by atoms with Crippen LogP contribution in [0.1, 0.15) is 12.1 Å². The summed E-state index contributed by atoms with van der Waals surface area (Å²) in [5.41, 5.74) is 0.631. The molecule has 1 atom stereocenters. The van der Waals surface area contributed by atoms with Crippen molar-refractivity contribution in [2.75, 3.05) is 11.4 Å². The summed E-state index contributed by atoms with van der Waals surface area (Å²) in [4.78, 5) is 31.6. The van der Waals surface area contributed by atoms with Gasteiger partial charge in [-0.1, -0.05) is 0 Å². The number of carboxylic acid groups (broad SMARTS) is 1. The fourth-order valence-electron chi connectivity index (χ4n) is 1.75. The zero-order valence-corrected chi connectivity index (χ0v) is 9.81. The van der Waals surface area contributed by atoms with E-state index in [4.69, 9.17) is 16.7 Å². The Balaban J connectivity index is 2.28. The van der Waals surface area contributed by atoms with Crippen LogP contribution in [0.3, 0.4) is 0 Å². The molecule has 1 aromatic heterocycles. The lowest BCUT2D eigenvalue weighted by atomic mass is 10.1. The molecule has 6 nitrogen and oxygen atoms in total. The van der Waals surface area contributed by atoms with Gasteiger partial charge in [0.2, 0.25) is 11.2 Å². The molecule has 1 unspecified atom stereocenters. The number of rotatable bonds is 2. The monoisotopic (exact) mass is 255 g/mol. The first kappa shape index (κ1) is 11.8. The number of anilines is 1. The highest BCUT2D eigenvalue weighted by Gasteiger charge is 2.35. The second-order valence-corrected chi connectivity index (χ2v) is 4.22. The Hall–Kier alpha value is -1.69. The zero-order chi connectivity index (χ0) is 12.6. The number of nitrogens with zero attached hydrogens (tertiary/aromatic N) is 3. The molecule has 1 fully saturated rings. The van der Waals surface area contributed by atoms with E-state index in [1.165, 1.54) is 4.90 Å². The van der Waals surface area contributed by atoms with Crippen LogP contribution in [0.4, 0.5) is 5.82 Å². The van der Waals surface area contributed by atoms with Crippen LogP contribution in [0, 0.1) is 12.8 Å². The lowest BCUT2D eigenvalue weighted by Gasteiger charge is -2.15. The minimum absolute atomic E-state index is 0.00397. The molecule has 1 saturated heterocycles. The molecule has 0 radical (unpaired) electrons. The Kier molecular flexibility index (Phi) is 2.97. The highest BCUT2D eigenvalue weighted by Crippen LogP contribution is 2.24. The van der Waals surface area contributed by atoms with Crippen LogP contribution in [0.15, 0.2) is 6.07 Å². The van der Waals surface area contributed by atoms with Crippen LogP contribution in [-0.2, 0) is 9.59 Å². The van der Waals surface area contributed by atoms with Crippen molar-refractivity contribution in [3.05, 3.63) is 17.0 Å². The van der Waals surface area contributed by atoms with Crippen LogP contribution >= 0.6 is 11.6 Å². The van der Waals surface area contributed by atoms with Gasteiger partial charge in [-0.15, -0.1) is 0 Å². The molecule has 1 amide bonds. The minimum Gasteiger partial charge on any atom is -0.481 e. The van der Waals surface area contributed by atoms with E-state index in [0.29, 0.717) is 11.5 Å². The molecule has 1 N–H and O–H groups in total. The molecule has 17 heavy (non-hydrogen) atoms. The highest BCUT2D eigenvalue weighted by molar-refractivity contribution is 6.28. The fraction of sp³-hybridized carbons (Fsp3) is 0.400. The first-order valence-corrected chi connectivity index (χ1v) is 5.39. The van der Waals surface area contributed by atoms with Crippen molar-refractivity contribution >= 4 is 29.3 Å². The van der Waals surface area contributed by atoms with E-state index in [9.17, 15) is 9.59 Å². The van der Waals surface area contributed by atoms with Crippen LogP contribution in [0.5, 0.6) is 0 Å². The van der Waals surface area contributed by atoms with Crippen molar-refractivity contribution in [3.8, 4) is 0 Å². The summed E-state index contributed by atoms with van der Waals surface area (Å²) in [7, 11) is 0. The Morgan fingerprint density at radius 2 is 2.29 bits per heavy atom. The number of amides is 1. The molecule has 1 aromatic rings. The average molecular weight is 256 g/mol. The molecule has 2 rings (SSSR count). The number of hydrogen-bond acceptors (Lipinski definition) is 4. The number of aryl methyl sites for hydroxylation is 1. The van der Waals surface area contributed by atoms with Crippen LogP contribution in [0.2, 0.25) is 5.28 Å². The van der Waals surface area contributed by atoms with Crippen molar-refractivity contribution in [2.45, 2.75) is 13.3 Å². The van der Waals surface area contributed by atoms with Gasteiger partial charge in [0.25, 0.3) is 0 Å². The van der Waals surface area contributed by atoms with Crippen molar-refractivity contribution in [2.24, 2.45) is 5.92 Å². The molecule has 0 saturated carbocycles. The first-order chi connectivity index (χ1) is 7.97. The first-order valence-electron chi connectivity index (χ1n) is 5.01. The van der Waals surface area contributed by atoms with Crippen LogP contribution in [0.25, 0.3) is 0 Å². The van der Waals surface area contributed by atoms with Gasteiger partial charge in [0.05, 0.1) is 5.92 Å². The topological polar surface area (TPSA) is 83.4 Å². The Labute approximate surface area is 102 Å². The molecule has 1 aliphatic rings. The number of halogens is 1. The van der Waals surface area contributed by atoms with Crippen molar-refractivity contribution < 1.29 is 14.7 Å².